The summed E-state index contributed by atoms with van der Waals surface area (Å²) < 4.78 is 5.56. The highest BCUT2D eigenvalue weighted by Gasteiger charge is 2.08. The zero-order chi connectivity index (χ0) is 13.8. The summed E-state index contributed by atoms with van der Waals surface area (Å²) in [6.07, 6.45) is 1.38. The number of rotatable bonds is 5. The number of carbonyl (C=O) groups excluding carboxylic acids is 1. The number of nitrogens with one attached hydrogen (secondary N) is 2. The molecule has 2 aromatic heterocycles. The molecule has 0 atom stereocenters. The molecular weight excluding hydrogens is 278 g/mol. The summed E-state index contributed by atoms with van der Waals surface area (Å²) in [7, 11) is 0. The van der Waals surface area contributed by atoms with Crippen molar-refractivity contribution in [1.29, 1.82) is 0 Å². The lowest BCUT2D eigenvalue weighted by Crippen LogP contribution is -2.26. The van der Waals surface area contributed by atoms with Crippen molar-refractivity contribution in [2.45, 2.75) is 5.22 Å². The summed E-state index contributed by atoms with van der Waals surface area (Å²) in [5.41, 5.74) is 1.88. The first-order valence-electron chi connectivity index (χ1n) is 5.95. The van der Waals surface area contributed by atoms with Crippen LogP contribution < -0.4 is 5.32 Å². The van der Waals surface area contributed by atoms with E-state index in [1.165, 1.54) is 18.0 Å². The predicted molar refractivity (Wildman–Crippen MR) is 73.4 cm³/mol. The average molecular weight is 289 g/mol. The smallest absolute Gasteiger partial charge is 0.273 e. The molecule has 1 amide bonds. The lowest BCUT2D eigenvalue weighted by atomic mass is 10.3. The van der Waals surface area contributed by atoms with Gasteiger partial charge in [-0.2, -0.15) is 15.4 Å². The SMILES string of the molecule is O=C(NCCSc1nc2ccccc2o1)c1cn[nH]n1. The third-order valence-electron chi connectivity index (χ3n) is 2.54. The number of aromatic amines is 1. The van der Waals surface area contributed by atoms with Crippen molar-refractivity contribution in [1.82, 2.24) is 25.7 Å². The zero-order valence-electron chi connectivity index (χ0n) is 10.4. The van der Waals surface area contributed by atoms with Gasteiger partial charge >= 0.3 is 0 Å². The number of carbonyl (C=O) groups is 1. The van der Waals surface area contributed by atoms with Crippen molar-refractivity contribution >= 4 is 28.8 Å². The predicted octanol–water partition coefficient (Wildman–Crippen LogP) is 1.47. The number of para-hydroxylation sites is 2. The number of amides is 1. The first-order chi connectivity index (χ1) is 9.83. The molecule has 102 valence electrons. The highest BCUT2D eigenvalue weighted by atomic mass is 32.2. The number of benzene rings is 1. The summed E-state index contributed by atoms with van der Waals surface area (Å²) in [4.78, 5) is 15.9. The van der Waals surface area contributed by atoms with E-state index in [-0.39, 0.29) is 11.6 Å². The third kappa shape index (κ3) is 2.80. The van der Waals surface area contributed by atoms with Crippen LogP contribution in [0.25, 0.3) is 11.1 Å². The molecule has 0 radical (unpaired) electrons. The van der Waals surface area contributed by atoms with E-state index in [9.17, 15) is 4.79 Å². The maximum atomic E-state index is 11.6. The molecule has 0 fully saturated rings. The third-order valence-corrected chi connectivity index (χ3v) is 3.36. The van der Waals surface area contributed by atoms with Gasteiger partial charge in [-0.1, -0.05) is 23.9 Å². The molecule has 0 aliphatic carbocycles. The van der Waals surface area contributed by atoms with Crippen LogP contribution in [0.1, 0.15) is 10.5 Å². The standard InChI is InChI=1S/C12H11N5O2S/c18-11(9-7-14-17-16-9)13-5-6-20-12-15-8-3-1-2-4-10(8)19-12/h1-4,7H,5-6H2,(H,13,18)(H,14,16,17). The van der Waals surface area contributed by atoms with Crippen LogP contribution in [0.4, 0.5) is 0 Å². The fraction of sp³-hybridized carbons (Fsp3) is 0.167. The molecule has 3 aromatic rings. The van der Waals surface area contributed by atoms with E-state index in [1.54, 1.807) is 0 Å². The molecule has 2 N–H and O–H groups in total. The molecule has 0 aliphatic rings. The minimum absolute atomic E-state index is 0.253. The van der Waals surface area contributed by atoms with Gasteiger partial charge in [-0.15, -0.1) is 0 Å². The number of hydrogen-bond donors (Lipinski definition) is 2. The first-order valence-corrected chi connectivity index (χ1v) is 6.94. The van der Waals surface area contributed by atoms with Crippen molar-refractivity contribution in [3.63, 3.8) is 0 Å². The molecule has 20 heavy (non-hydrogen) atoms. The maximum Gasteiger partial charge on any atom is 0.273 e. The van der Waals surface area contributed by atoms with Gasteiger partial charge in [-0.05, 0) is 12.1 Å². The fourth-order valence-corrected chi connectivity index (χ4v) is 2.31. The van der Waals surface area contributed by atoms with Crippen molar-refractivity contribution < 1.29 is 9.21 Å². The Kier molecular flexibility index (Phi) is 3.64. The Morgan fingerprint density at radius 2 is 2.30 bits per heavy atom. The van der Waals surface area contributed by atoms with Crippen LogP contribution in [0, 0.1) is 0 Å². The molecule has 0 spiro atoms. The van der Waals surface area contributed by atoms with Crippen LogP contribution in [0.3, 0.4) is 0 Å². The number of thioether (sulfide) groups is 1. The molecule has 3 rings (SSSR count). The van der Waals surface area contributed by atoms with E-state index in [2.05, 4.69) is 25.7 Å². The Balaban J connectivity index is 1.49. The molecule has 0 unspecified atom stereocenters. The minimum atomic E-state index is -0.253. The Morgan fingerprint density at radius 1 is 1.40 bits per heavy atom. The number of hydrogen-bond acceptors (Lipinski definition) is 6. The second-order valence-electron chi connectivity index (χ2n) is 3.91. The maximum absolute atomic E-state index is 11.6. The van der Waals surface area contributed by atoms with Crippen molar-refractivity contribution in [3.05, 3.63) is 36.2 Å². The van der Waals surface area contributed by atoms with E-state index >= 15 is 0 Å². The second kappa shape index (κ2) is 5.74. The van der Waals surface area contributed by atoms with Gasteiger partial charge in [0.05, 0.1) is 6.20 Å². The second-order valence-corrected chi connectivity index (χ2v) is 4.95. The van der Waals surface area contributed by atoms with Gasteiger partial charge in [0.25, 0.3) is 11.1 Å². The normalized spacial score (nSPS) is 10.8. The number of fused-ring (bicyclic) bond motifs is 1. The largest absolute Gasteiger partial charge is 0.431 e. The van der Waals surface area contributed by atoms with Gasteiger partial charge in [-0.3, -0.25) is 4.79 Å². The Hall–Kier alpha value is -2.35. The van der Waals surface area contributed by atoms with Crippen molar-refractivity contribution in [2.24, 2.45) is 0 Å². The van der Waals surface area contributed by atoms with Crippen LogP contribution in [-0.2, 0) is 0 Å². The zero-order valence-corrected chi connectivity index (χ0v) is 11.2. The number of nitrogens with zero attached hydrogens (tertiary/aromatic N) is 3. The highest BCUT2D eigenvalue weighted by molar-refractivity contribution is 7.99. The first kappa shape index (κ1) is 12.7. The summed E-state index contributed by atoms with van der Waals surface area (Å²) in [6, 6.07) is 7.59. The number of aromatic nitrogens is 4. The minimum Gasteiger partial charge on any atom is -0.431 e. The highest BCUT2D eigenvalue weighted by Crippen LogP contribution is 2.22. The van der Waals surface area contributed by atoms with Crippen LogP contribution in [0.5, 0.6) is 0 Å². The molecule has 1 aromatic carbocycles. The van der Waals surface area contributed by atoms with Crippen LogP contribution in [0.2, 0.25) is 0 Å². The number of oxazole rings is 1. The van der Waals surface area contributed by atoms with Crippen molar-refractivity contribution in [3.8, 4) is 0 Å². The van der Waals surface area contributed by atoms with E-state index in [4.69, 9.17) is 4.42 Å². The Morgan fingerprint density at radius 3 is 3.10 bits per heavy atom. The molecule has 7 nitrogen and oxygen atoms in total. The van der Waals surface area contributed by atoms with Crippen molar-refractivity contribution in [2.75, 3.05) is 12.3 Å². The molecule has 0 bridgehead atoms. The molecule has 0 saturated carbocycles. The Labute approximate surface area is 118 Å². The monoisotopic (exact) mass is 289 g/mol. The van der Waals surface area contributed by atoms with Gasteiger partial charge in [0.1, 0.15) is 5.52 Å². The van der Waals surface area contributed by atoms with E-state index in [1.807, 2.05) is 24.3 Å². The molecule has 2 heterocycles. The van der Waals surface area contributed by atoms with Crippen LogP contribution >= 0.6 is 11.8 Å². The summed E-state index contributed by atoms with van der Waals surface area (Å²) in [6.45, 7) is 0.495. The lowest BCUT2D eigenvalue weighted by molar-refractivity contribution is 0.0951. The van der Waals surface area contributed by atoms with Gasteiger partial charge in [0, 0.05) is 12.3 Å². The van der Waals surface area contributed by atoms with Gasteiger partial charge < -0.3 is 9.73 Å². The lowest BCUT2D eigenvalue weighted by Gasteiger charge is -2.00. The molecule has 0 saturated heterocycles. The number of H-pyrrole nitrogens is 1. The van der Waals surface area contributed by atoms with E-state index in [0.717, 1.165) is 11.1 Å². The molecule has 8 heteroatoms. The Bertz CT molecular complexity index is 677. The van der Waals surface area contributed by atoms with Crippen LogP contribution in [0.15, 0.2) is 40.1 Å². The van der Waals surface area contributed by atoms with Crippen LogP contribution in [-0.4, -0.2) is 38.6 Å². The van der Waals surface area contributed by atoms with Gasteiger partial charge in [0.15, 0.2) is 11.3 Å². The van der Waals surface area contributed by atoms with E-state index < -0.39 is 0 Å². The molecule has 0 aliphatic heterocycles. The van der Waals surface area contributed by atoms with Gasteiger partial charge in [-0.25, -0.2) is 4.98 Å². The van der Waals surface area contributed by atoms with E-state index in [0.29, 0.717) is 17.5 Å². The summed E-state index contributed by atoms with van der Waals surface area (Å²) in [5, 5.41) is 13.0. The summed E-state index contributed by atoms with van der Waals surface area (Å²) >= 11 is 1.45. The summed E-state index contributed by atoms with van der Waals surface area (Å²) in [5.74, 6) is 0.410. The van der Waals surface area contributed by atoms with Gasteiger partial charge in [0.2, 0.25) is 0 Å². The topological polar surface area (TPSA) is 96.7 Å². The average Bonchev–Trinajstić information content (AvgIpc) is 3.11. The quantitative estimate of drug-likeness (QED) is 0.545. The fourth-order valence-electron chi connectivity index (χ4n) is 1.62. The molecular formula is C12H11N5O2S.